The molecule has 1 fully saturated rings. The molecule has 14 heavy (non-hydrogen) atoms. The Bertz CT molecular complexity index is 197. The summed E-state index contributed by atoms with van der Waals surface area (Å²) in [6.07, 6.45) is 5.58. The second kappa shape index (κ2) is 4.78. The molecule has 1 aliphatic carbocycles. The monoisotopic (exact) mass is 199 g/mol. The smallest absolute Gasteiger partial charge is 0.228 e. The summed E-state index contributed by atoms with van der Waals surface area (Å²) in [5.41, 5.74) is -0.165. The van der Waals surface area contributed by atoms with Crippen molar-refractivity contribution in [2.45, 2.75) is 39.0 Å². The standard InChI is InChI=1S/C11H21NO2/c1-11(6-4-3-5-7-11)10(14)12(2)8-9-13/h13H,3-9H2,1-2H3. The largest absolute Gasteiger partial charge is 0.395 e. The van der Waals surface area contributed by atoms with Gasteiger partial charge in [0, 0.05) is 19.0 Å². The van der Waals surface area contributed by atoms with Crippen LogP contribution in [0.2, 0.25) is 0 Å². The Morgan fingerprint density at radius 1 is 1.36 bits per heavy atom. The van der Waals surface area contributed by atoms with Gasteiger partial charge in [0.05, 0.1) is 6.61 Å². The number of carbonyl (C=O) groups excluding carboxylic acids is 1. The number of carbonyl (C=O) groups is 1. The molecule has 0 atom stereocenters. The Kier molecular flexibility index (Phi) is 3.93. The van der Waals surface area contributed by atoms with Gasteiger partial charge in [-0.2, -0.15) is 0 Å². The van der Waals surface area contributed by atoms with Gasteiger partial charge in [0.2, 0.25) is 5.91 Å². The molecule has 3 heteroatoms. The molecule has 1 amide bonds. The summed E-state index contributed by atoms with van der Waals surface area (Å²) in [6.45, 7) is 2.56. The molecule has 0 spiro atoms. The lowest BCUT2D eigenvalue weighted by Gasteiger charge is -2.35. The number of aliphatic hydroxyl groups excluding tert-OH is 1. The van der Waals surface area contributed by atoms with Crippen LogP contribution in [0.25, 0.3) is 0 Å². The number of amides is 1. The Hall–Kier alpha value is -0.570. The van der Waals surface area contributed by atoms with Gasteiger partial charge in [0.15, 0.2) is 0 Å². The Morgan fingerprint density at radius 3 is 2.43 bits per heavy atom. The van der Waals surface area contributed by atoms with Gasteiger partial charge in [0.1, 0.15) is 0 Å². The summed E-state index contributed by atoms with van der Waals surface area (Å²) >= 11 is 0. The van der Waals surface area contributed by atoms with Gasteiger partial charge in [-0.1, -0.05) is 26.2 Å². The van der Waals surface area contributed by atoms with Crippen molar-refractivity contribution in [1.82, 2.24) is 4.90 Å². The highest BCUT2D eigenvalue weighted by molar-refractivity contribution is 5.82. The van der Waals surface area contributed by atoms with Crippen molar-refractivity contribution < 1.29 is 9.90 Å². The maximum Gasteiger partial charge on any atom is 0.228 e. The quantitative estimate of drug-likeness (QED) is 0.746. The van der Waals surface area contributed by atoms with E-state index in [9.17, 15) is 4.79 Å². The first-order valence-electron chi connectivity index (χ1n) is 5.46. The van der Waals surface area contributed by atoms with E-state index in [2.05, 4.69) is 6.92 Å². The van der Waals surface area contributed by atoms with E-state index in [0.29, 0.717) is 6.54 Å². The van der Waals surface area contributed by atoms with Crippen LogP contribution in [-0.4, -0.2) is 36.1 Å². The molecule has 1 saturated carbocycles. The van der Waals surface area contributed by atoms with E-state index in [-0.39, 0.29) is 17.9 Å². The molecule has 3 nitrogen and oxygen atoms in total. The molecule has 0 aliphatic heterocycles. The average Bonchev–Trinajstić information content (AvgIpc) is 2.18. The number of rotatable bonds is 3. The Morgan fingerprint density at radius 2 is 1.93 bits per heavy atom. The van der Waals surface area contributed by atoms with Crippen molar-refractivity contribution in [2.75, 3.05) is 20.2 Å². The van der Waals surface area contributed by atoms with Gasteiger partial charge in [-0.3, -0.25) is 4.79 Å². The third-order valence-corrected chi connectivity index (χ3v) is 3.26. The minimum atomic E-state index is -0.165. The summed E-state index contributed by atoms with van der Waals surface area (Å²) in [6, 6.07) is 0. The predicted octanol–water partition coefficient (Wildman–Crippen LogP) is 1.41. The van der Waals surface area contributed by atoms with Gasteiger partial charge in [-0.15, -0.1) is 0 Å². The molecule has 82 valence electrons. The Balaban J connectivity index is 2.56. The van der Waals surface area contributed by atoms with Crippen LogP contribution in [0.3, 0.4) is 0 Å². The van der Waals surface area contributed by atoms with Crippen LogP contribution in [0.1, 0.15) is 39.0 Å². The third kappa shape index (κ3) is 2.47. The highest BCUT2D eigenvalue weighted by atomic mass is 16.3. The molecule has 0 aromatic rings. The number of aliphatic hydroxyl groups is 1. The highest BCUT2D eigenvalue weighted by Gasteiger charge is 2.36. The van der Waals surface area contributed by atoms with Crippen molar-refractivity contribution in [2.24, 2.45) is 5.41 Å². The number of hydrogen-bond acceptors (Lipinski definition) is 2. The maximum atomic E-state index is 12.0. The molecule has 1 aliphatic rings. The summed E-state index contributed by atoms with van der Waals surface area (Å²) in [4.78, 5) is 13.7. The number of likely N-dealkylation sites (N-methyl/N-ethyl adjacent to an activating group) is 1. The van der Waals surface area contributed by atoms with E-state index in [4.69, 9.17) is 5.11 Å². The fourth-order valence-corrected chi connectivity index (χ4v) is 2.26. The second-order valence-corrected chi connectivity index (χ2v) is 4.57. The van der Waals surface area contributed by atoms with E-state index < -0.39 is 0 Å². The van der Waals surface area contributed by atoms with Crippen LogP contribution in [0.4, 0.5) is 0 Å². The van der Waals surface area contributed by atoms with Gasteiger partial charge in [-0.25, -0.2) is 0 Å². The highest BCUT2D eigenvalue weighted by Crippen LogP contribution is 2.37. The lowest BCUT2D eigenvalue weighted by atomic mass is 9.75. The summed E-state index contributed by atoms with van der Waals surface area (Å²) in [5, 5.41) is 8.77. The molecule has 0 aromatic heterocycles. The predicted molar refractivity (Wildman–Crippen MR) is 55.9 cm³/mol. The van der Waals surface area contributed by atoms with Crippen LogP contribution in [0.15, 0.2) is 0 Å². The van der Waals surface area contributed by atoms with Gasteiger partial charge in [0.25, 0.3) is 0 Å². The van der Waals surface area contributed by atoms with E-state index in [1.165, 1.54) is 6.42 Å². The topological polar surface area (TPSA) is 40.5 Å². The maximum absolute atomic E-state index is 12.0. The van der Waals surface area contributed by atoms with Crippen molar-refractivity contribution in [3.63, 3.8) is 0 Å². The van der Waals surface area contributed by atoms with Crippen LogP contribution >= 0.6 is 0 Å². The number of nitrogens with zero attached hydrogens (tertiary/aromatic N) is 1. The second-order valence-electron chi connectivity index (χ2n) is 4.57. The molecule has 1 N–H and O–H groups in total. The van der Waals surface area contributed by atoms with Crippen LogP contribution in [-0.2, 0) is 4.79 Å². The van der Waals surface area contributed by atoms with Gasteiger partial charge >= 0.3 is 0 Å². The molecular formula is C11H21NO2. The third-order valence-electron chi connectivity index (χ3n) is 3.26. The molecule has 1 rings (SSSR count). The van der Waals surface area contributed by atoms with Crippen molar-refractivity contribution in [3.05, 3.63) is 0 Å². The van der Waals surface area contributed by atoms with Crippen LogP contribution < -0.4 is 0 Å². The normalized spacial score (nSPS) is 20.5. The van der Waals surface area contributed by atoms with Crippen LogP contribution in [0.5, 0.6) is 0 Å². The van der Waals surface area contributed by atoms with E-state index >= 15 is 0 Å². The zero-order chi connectivity index (χ0) is 10.6. The zero-order valence-corrected chi connectivity index (χ0v) is 9.25. The molecule has 0 heterocycles. The summed E-state index contributed by atoms with van der Waals surface area (Å²) < 4.78 is 0. The minimum Gasteiger partial charge on any atom is -0.395 e. The van der Waals surface area contributed by atoms with E-state index in [0.717, 1.165) is 25.7 Å². The average molecular weight is 199 g/mol. The number of hydrogen-bond donors (Lipinski definition) is 1. The first kappa shape index (κ1) is 11.5. The lowest BCUT2D eigenvalue weighted by Crippen LogP contribution is -2.42. The molecule has 0 unspecified atom stereocenters. The van der Waals surface area contributed by atoms with E-state index in [1.54, 1.807) is 11.9 Å². The SMILES string of the molecule is CN(CCO)C(=O)C1(C)CCCCC1. The Labute approximate surface area is 86.1 Å². The fourth-order valence-electron chi connectivity index (χ4n) is 2.26. The molecule has 0 radical (unpaired) electrons. The molecular weight excluding hydrogens is 178 g/mol. The van der Waals surface area contributed by atoms with Crippen LogP contribution in [0, 0.1) is 5.41 Å². The first-order valence-corrected chi connectivity index (χ1v) is 5.46. The minimum absolute atomic E-state index is 0.0539. The molecule has 0 aromatic carbocycles. The summed E-state index contributed by atoms with van der Waals surface area (Å²) in [7, 11) is 1.78. The van der Waals surface area contributed by atoms with Crippen molar-refractivity contribution in [3.8, 4) is 0 Å². The van der Waals surface area contributed by atoms with E-state index in [1.807, 2.05) is 0 Å². The molecule has 0 saturated heterocycles. The lowest BCUT2D eigenvalue weighted by molar-refractivity contribution is -0.142. The van der Waals surface area contributed by atoms with Crippen molar-refractivity contribution >= 4 is 5.91 Å². The zero-order valence-electron chi connectivity index (χ0n) is 9.25. The molecule has 0 bridgehead atoms. The van der Waals surface area contributed by atoms with Crippen molar-refractivity contribution in [1.29, 1.82) is 0 Å². The summed E-state index contributed by atoms with van der Waals surface area (Å²) in [5.74, 6) is 0.200. The van der Waals surface area contributed by atoms with Gasteiger partial charge in [-0.05, 0) is 12.8 Å². The first-order chi connectivity index (χ1) is 6.60. The van der Waals surface area contributed by atoms with Gasteiger partial charge < -0.3 is 10.0 Å². The fraction of sp³-hybridized carbons (Fsp3) is 0.909.